The van der Waals surface area contributed by atoms with Crippen LogP contribution in [-0.4, -0.2) is 47.1 Å². The molecule has 39 heavy (non-hydrogen) atoms. The number of methoxy groups -OCH3 is 2. The largest absolute Gasteiger partial charge is 0.481 e. The van der Waals surface area contributed by atoms with E-state index in [1.54, 1.807) is 84.9 Å². The number of carboxylic acid groups (broad SMARTS) is 1. The van der Waals surface area contributed by atoms with E-state index in [0.29, 0.717) is 11.1 Å². The molecule has 0 aliphatic heterocycles. The molecule has 0 spiro atoms. The predicted octanol–water partition coefficient (Wildman–Crippen LogP) is 4.41. The Hall–Kier alpha value is -5.12. The van der Waals surface area contributed by atoms with Gasteiger partial charge in [0.15, 0.2) is 0 Å². The van der Waals surface area contributed by atoms with Crippen molar-refractivity contribution in [2.45, 2.75) is 18.2 Å². The fourth-order valence-electron chi connectivity index (χ4n) is 4.02. The summed E-state index contributed by atoms with van der Waals surface area (Å²) in [7, 11) is 2.76. The molecule has 0 radical (unpaired) electrons. The van der Waals surface area contributed by atoms with Crippen molar-refractivity contribution in [2.75, 3.05) is 14.2 Å². The maximum absolute atomic E-state index is 13.2. The van der Waals surface area contributed by atoms with E-state index in [1.807, 2.05) is 6.07 Å². The van der Waals surface area contributed by atoms with E-state index >= 15 is 0 Å². The van der Waals surface area contributed by atoms with Gasteiger partial charge in [0.1, 0.15) is 6.61 Å². The monoisotopic (exact) mass is 529 g/mol. The van der Waals surface area contributed by atoms with Gasteiger partial charge in [-0.2, -0.15) is 9.97 Å². The van der Waals surface area contributed by atoms with Crippen LogP contribution in [0.5, 0.6) is 17.8 Å². The van der Waals surface area contributed by atoms with Gasteiger partial charge in [0, 0.05) is 0 Å². The molecule has 0 aliphatic carbocycles. The summed E-state index contributed by atoms with van der Waals surface area (Å²) in [6.07, 6.45) is -1.02. The SMILES string of the molecule is COc1cc(OC)nc(O[C@@](NC(=O)OCc2ccccc2)(C(=O)O)C(c2ccccc2)c2ccccc2)n1. The van der Waals surface area contributed by atoms with Gasteiger partial charge in [-0.15, -0.1) is 0 Å². The maximum atomic E-state index is 13.2. The number of benzene rings is 3. The Kier molecular flexibility index (Phi) is 8.57. The number of aromatic nitrogens is 2. The lowest BCUT2D eigenvalue weighted by Gasteiger charge is -2.37. The van der Waals surface area contributed by atoms with Crippen LogP contribution >= 0.6 is 0 Å². The fraction of sp³-hybridized carbons (Fsp3) is 0.172. The van der Waals surface area contributed by atoms with Crippen molar-refractivity contribution in [3.05, 3.63) is 114 Å². The molecule has 4 aromatic rings. The third-order valence-corrected chi connectivity index (χ3v) is 5.82. The molecule has 10 nitrogen and oxygen atoms in total. The van der Waals surface area contributed by atoms with Gasteiger partial charge in [-0.3, -0.25) is 5.32 Å². The number of nitrogens with one attached hydrogen (secondary N) is 1. The van der Waals surface area contributed by atoms with Gasteiger partial charge in [-0.1, -0.05) is 91.0 Å². The third kappa shape index (κ3) is 6.42. The van der Waals surface area contributed by atoms with Crippen LogP contribution in [0.2, 0.25) is 0 Å². The lowest BCUT2D eigenvalue weighted by molar-refractivity contribution is -0.160. The summed E-state index contributed by atoms with van der Waals surface area (Å²) in [6, 6.07) is 27.6. The molecule has 1 atom stereocenters. The van der Waals surface area contributed by atoms with Crippen LogP contribution in [-0.2, 0) is 16.1 Å². The van der Waals surface area contributed by atoms with Crippen LogP contribution in [0.1, 0.15) is 22.6 Å². The third-order valence-electron chi connectivity index (χ3n) is 5.82. The van der Waals surface area contributed by atoms with Gasteiger partial charge < -0.3 is 24.1 Å². The van der Waals surface area contributed by atoms with Crippen LogP contribution in [0.25, 0.3) is 0 Å². The van der Waals surface area contributed by atoms with E-state index in [9.17, 15) is 14.7 Å². The van der Waals surface area contributed by atoms with E-state index in [4.69, 9.17) is 18.9 Å². The number of amides is 1. The van der Waals surface area contributed by atoms with Crippen LogP contribution in [0.4, 0.5) is 4.79 Å². The number of aliphatic carboxylic acids is 1. The molecule has 1 amide bonds. The van der Waals surface area contributed by atoms with E-state index in [2.05, 4.69) is 15.3 Å². The zero-order chi connectivity index (χ0) is 27.7. The fourth-order valence-corrected chi connectivity index (χ4v) is 4.02. The number of nitrogens with zero attached hydrogens (tertiary/aromatic N) is 2. The zero-order valence-electron chi connectivity index (χ0n) is 21.3. The molecule has 3 aromatic carbocycles. The first kappa shape index (κ1) is 26.9. The smallest absolute Gasteiger partial charge is 0.411 e. The summed E-state index contributed by atoms with van der Waals surface area (Å²) in [5, 5.41) is 13.2. The highest BCUT2D eigenvalue weighted by atomic mass is 16.6. The molecule has 4 rings (SSSR count). The average Bonchev–Trinajstić information content (AvgIpc) is 2.97. The number of hydrogen-bond donors (Lipinski definition) is 2. The van der Waals surface area contributed by atoms with Crippen molar-refractivity contribution in [2.24, 2.45) is 0 Å². The number of rotatable bonds is 11. The van der Waals surface area contributed by atoms with Crippen molar-refractivity contribution >= 4 is 12.1 Å². The van der Waals surface area contributed by atoms with E-state index in [-0.39, 0.29) is 18.4 Å². The Morgan fingerprint density at radius 2 is 1.31 bits per heavy atom. The first-order valence-corrected chi connectivity index (χ1v) is 11.9. The average molecular weight is 530 g/mol. The molecular weight excluding hydrogens is 502 g/mol. The lowest BCUT2D eigenvalue weighted by atomic mass is 9.82. The highest BCUT2D eigenvalue weighted by Crippen LogP contribution is 2.37. The van der Waals surface area contributed by atoms with Crippen molar-refractivity contribution in [3.63, 3.8) is 0 Å². The normalized spacial score (nSPS) is 12.2. The number of carboxylic acids is 1. The van der Waals surface area contributed by atoms with Gasteiger partial charge in [0.25, 0.3) is 5.72 Å². The molecule has 10 heteroatoms. The van der Waals surface area contributed by atoms with Crippen molar-refractivity contribution in [1.29, 1.82) is 0 Å². The summed E-state index contributed by atoms with van der Waals surface area (Å²) in [5.74, 6) is -2.44. The Morgan fingerprint density at radius 1 is 0.821 bits per heavy atom. The molecule has 0 aliphatic rings. The van der Waals surface area contributed by atoms with Gasteiger partial charge in [-0.25, -0.2) is 9.59 Å². The second-order valence-corrected chi connectivity index (χ2v) is 8.32. The Labute approximate surface area is 225 Å². The predicted molar refractivity (Wildman–Crippen MR) is 141 cm³/mol. The van der Waals surface area contributed by atoms with Crippen LogP contribution in [0.3, 0.4) is 0 Å². The molecule has 1 heterocycles. The number of ether oxygens (including phenoxy) is 4. The lowest BCUT2D eigenvalue weighted by Crippen LogP contribution is -2.63. The van der Waals surface area contributed by atoms with Gasteiger partial charge >= 0.3 is 18.1 Å². The Balaban J connectivity index is 1.83. The second-order valence-electron chi connectivity index (χ2n) is 8.32. The van der Waals surface area contributed by atoms with E-state index in [0.717, 1.165) is 5.56 Å². The maximum Gasteiger partial charge on any atom is 0.411 e. The zero-order valence-corrected chi connectivity index (χ0v) is 21.3. The molecular formula is C29H27N3O7. The number of hydrogen-bond acceptors (Lipinski definition) is 8. The minimum Gasteiger partial charge on any atom is -0.481 e. The summed E-state index contributed by atoms with van der Waals surface area (Å²) in [6.45, 7) is -0.0901. The Bertz CT molecular complexity index is 1330. The van der Waals surface area contributed by atoms with E-state index < -0.39 is 29.7 Å². The van der Waals surface area contributed by atoms with Crippen LogP contribution < -0.4 is 19.5 Å². The first-order chi connectivity index (χ1) is 18.9. The van der Waals surface area contributed by atoms with Crippen LogP contribution in [0.15, 0.2) is 97.1 Å². The highest BCUT2D eigenvalue weighted by molar-refractivity contribution is 5.85. The molecule has 1 aromatic heterocycles. The van der Waals surface area contributed by atoms with Crippen molar-refractivity contribution in [1.82, 2.24) is 15.3 Å². The molecule has 0 unspecified atom stereocenters. The summed E-state index contributed by atoms with van der Waals surface area (Å²) < 4.78 is 21.8. The van der Waals surface area contributed by atoms with Crippen molar-refractivity contribution < 1.29 is 33.6 Å². The highest BCUT2D eigenvalue weighted by Gasteiger charge is 2.53. The van der Waals surface area contributed by atoms with Gasteiger partial charge in [-0.05, 0) is 16.7 Å². The second kappa shape index (κ2) is 12.4. The number of carbonyl (C=O) groups is 2. The molecule has 2 N–H and O–H groups in total. The molecule has 0 saturated heterocycles. The van der Waals surface area contributed by atoms with Crippen LogP contribution in [0, 0.1) is 0 Å². The Morgan fingerprint density at radius 3 is 1.77 bits per heavy atom. The molecule has 0 saturated carbocycles. The first-order valence-electron chi connectivity index (χ1n) is 11.9. The van der Waals surface area contributed by atoms with Gasteiger partial charge in [0.05, 0.1) is 26.2 Å². The summed E-state index contributed by atoms with van der Waals surface area (Å²) in [5.41, 5.74) is -0.653. The quantitative estimate of drug-likeness (QED) is 0.271. The number of alkyl carbamates (subject to hydrolysis) is 1. The van der Waals surface area contributed by atoms with Crippen molar-refractivity contribution in [3.8, 4) is 17.8 Å². The molecule has 0 fully saturated rings. The summed E-state index contributed by atoms with van der Waals surface area (Å²) in [4.78, 5) is 34.7. The number of carbonyl (C=O) groups excluding carboxylic acids is 1. The minimum atomic E-state index is -2.46. The topological polar surface area (TPSA) is 129 Å². The summed E-state index contributed by atoms with van der Waals surface area (Å²) >= 11 is 0. The van der Waals surface area contributed by atoms with E-state index in [1.165, 1.54) is 20.3 Å². The van der Waals surface area contributed by atoms with Gasteiger partial charge in [0.2, 0.25) is 11.8 Å². The molecule has 200 valence electrons. The standard InChI is InChI=1S/C29H27N3O7/c1-36-23-18-24(37-2)31-27(30-23)39-29(26(33)34,32-28(35)38-19-20-12-6-3-7-13-20)25(21-14-8-4-9-15-21)22-16-10-5-11-17-22/h3-18,25H,19H2,1-2H3,(H,32,35)(H,33,34)/t29-/m1/s1. The molecule has 0 bridgehead atoms. The minimum absolute atomic E-state index is 0.0683.